The number of allylic oxidation sites excluding steroid dienone is 1. The van der Waals surface area contributed by atoms with Gasteiger partial charge < -0.3 is 9.47 Å². The molecule has 4 unspecified atom stereocenters. The summed E-state index contributed by atoms with van der Waals surface area (Å²) in [6, 6.07) is 40.9. The van der Waals surface area contributed by atoms with Gasteiger partial charge in [-0.1, -0.05) is 170 Å². The molecule has 5 aromatic rings. The van der Waals surface area contributed by atoms with Crippen LogP contribution in [-0.4, -0.2) is 5.60 Å². The molecular formula is C59H66O2. The van der Waals surface area contributed by atoms with Crippen LogP contribution in [0, 0.1) is 5.41 Å². The summed E-state index contributed by atoms with van der Waals surface area (Å²) in [6.07, 6.45) is 17.4. The van der Waals surface area contributed by atoms with Crippen LogP contribution in [0.4, 0.5) is 0 Å². The lowest BCUT2D eigenvalue weighted by atomic mass is 9.45. The van der Waals surface area contributed by atoms with Crippen LogP contribution in [0.3, 0.4) is 0 Å². The van der Waals surface area contributed by atoms with E-state index >= 15 is 0 Å². The molecule has 0 bridgehead atoms. The molecule has 3 aliphatic carbocycles. The third-order valence-electron chi connectivity index (χ3n) is 17.4. The molecule has 0 radical (unpaired) electrons. The van der Waals surface area contributed by atoms with Gasteiger partial charge in [0.1, 0.15) is 11.4 Å². The van der Waals surface area contributed by atoms with Gasteiger partial charge in [0, 0.05) is 44.1 Å². The molecule has 4 atom stereocenters. The average Bonchev–Trinajstić information content (AvgIpc) is 3.71. The maximum absolute atomic E-state index is 7.66. The minimum atomic E-state index is -0.650. The number of hydrogen-bond acceptors (Lipinski definition) is 2. The number of unbranched alkanes of at least 4 members (excludes halogenated alkanes) is 2. The number of fused-ring (bicyclic) bond motifs is 12. The summed E-state index contributed by atoms with van der Waals surface area (Å²) in [7, 11) is 0. The highest BCUT2D eigenvalue weighted by Crippen LogP contribution is 2.65. The van der Waals surface area contributed by atoms with E-state index in [-0.39, 0.29) is 21.8 Å². The molecule has 2 spiro atoms. The van der Waals surface area contributed by atoms with Gasteiger partial charge >= 0.3 is 0 Å². The van der Waals surface area contributed by atoms with Crippen LogP contribution in [-0.2, 0) is 26.8 Å². The highest BCUT2D eigenvalue weighted by Gasteiger charge is 2.59. The Hall–Kier alpha value is -4.66. The molecule has 2 heteroatoms. The number of rotatable bonds is 12. The molecule has 0 aromatic heterocycles. The summed E-state index contributed by atoms with van der Waals surface area (Å²) >= 11 is 0. The van der Waals surface area contributed by atoms with E-state index in [2.05, 4.69) is 177 Å². The second kappa shape index (κ2) is 14.5. The van der Waals surface area contributed by atoms with E-state index in [0.717, 1.165) is 57.1 Å². The smallest absolute Gasteiger partial charge is 0.179 e. The summed E-state index contributed by atoms with van der Waals surface area (Å²) in [5.41, 5.74) is 16.3. The zero-order valence-corrected chi connectivity index (χ0v) is 38.1. The normalized spacial score (nSPS) is 26.6. The SMILES string of the molecule is CCCCC1(C)c2cc3c(cc2C1(C)CC)C(CCCCC1=CC2(OC(C)(CC)C1(C)CCC)c1ccccc1-c1ccccc12)=CC1(O3)c2ccccc2-c2ccccc21. The first-order chi connectivity index (χ1) is 29.5. The van der Waals surface area contributed by atoms with Crippen LogP contribution in [0.5, 0.6) is 5.75 Å². The van der Waals surface area contributed by atoms with Crippen molar-refractivity contribution in [2.75, 3.05) is 0 Å². The van der Waals surface area contributed by atoms with Gasteiger partial charge in [0.2, 0.25) is 0 Å². The van der Waals surface area contributed by atoms with Crippen LogP contribution < -0.4 is 4.74 Å². The Bertz CT molecular complexity index is 2510. The molecule has 61 heavy (non-hydrogen) atoms. The second-order valence-electron chi connectivity index (χ2n) is 20.1. The number of benzene rings is 5. The molecule has 5 aromatic carbocycles. The number of ether oxygens (including phenoxy) is 2. The zero-order chi connectivity index (χ0) is 42.4. The van der Waals surface area contributed by atoms with Crippen molar-refractivity contribution >= 4 is 5.57 Å². The molecule has 0 saturated carbocycles. The first kappa shape index (κ1) is 40.4. The van der Waals surface area contributed by atoms with E-state index in [9.17, 15) is 0 Å². The minimum Gasteiger partial charge on any atom is -0.473 e. The molecule has 2 aliphatic heterocycles. The molecular weight excluding hydrogens is 741 g/mol. The molecule has 2 nitrogen and oxygen atoms in total. The van der Waals surface area contributed by atoms with Crippen molar-refractivity contribution in [1.29, 1.82) is 0 Å². The predicted octanol–water partition coefficient (Wildman–Crippen LogP) is 15.9. The quantitative estimate of drug-likeness (QED) is 0.0923. The topological polar surface area (TPSA) is 18.5 Å². The first-order valence-electron chi connectivity index (χ1n) is 23.9. The molecule has 0 N–H and O–H groups in total. The van der Waals surface area contributed by atoms with Crippen molar-refractivity contribution in [2.45, 2.75) is 154 Å². The van der Waals surface area contributed by atoms with Crippen LogP contribution in [0.15, 0.2) is 127 Å². The molecule has 10 rings (SSSR count). The molecule has 314 valence electrons. The molecule has 5 aliphatic rings. The van der Waals surface area contributed by atoms with Crippen molar-refractivity contribution in [2.24, 2.45) is 5.41 Å². The fourth-order valence-corrected chi connectivity index (χ4v) is 13.2. The van der Waals surface area contributed by atoms with Gasteiger partial charge in [-0.05, 0) is 122 Å². The van der Waals surface area contributed by atoms with Gasteiger partial charge in [0.15, 0.2) is 5.60 Å². The molecule has 0 amide bonds. The Morgan fingerprint density at radius 3 is 1.49 bits per heavy atom. The average molecular weight is 807 g/mol. The largest absolute Gasteiger partial charge is 0.473 e. The van der Waals surface area contributed by atoms with Crippen LogP contribution in [0.2, 0.25) is 0 Å². The standard InChI is InChI=1S/C59H66O2/c1-9-13-35-56(7)52-37-53-46(36-51(52)54(56,5)11-3)40(38-58(60-53)47-30-20-16-26-42(47)43-27-17-21-31-48(43)58)24-14-15-25-41-39-59(61-57(8,12-4)55(41,6)34-10-2)49-32-22-18-28-44(49)45-29-19-23-33-50(45)59/h16-23,26-33,36-39H,9-15,24-25,34-35H2,1-8H3. The monoisotopic (exact) mass is 807 g/mol. The lowest BCUT2D eigenvalue weighted by Gasteiger charge is -2.58. The first-order valence-corrected chi connectivity index (χ1v) is 23.9. The highest BCUT2D eigenvalue weighted by atomic mass is 16.5. The Morgan fingerprint density at radius 1 is 0.443 bits per heavy atom. The van der Waals surface area contributed by atoms with E-state index in [1.54, 1.807) is 5.57 Å². The second-order valence-corrected chi connectivity index (χ2v) is 20.1. The van der Waals surface area contributed by atoms with E-state index in [1.807, 2.05) is 0 Å². The van der Waals surface area contributed by atoms with Gasteiger partial charge in [0.05, 0.1) is 5.60 Å². The van der Waals surface area contributed by atoms with Gasteiger partial charge in [-0.3, -0.25) is 0 Å². The Kier molecular flexibility index (Phi) is 9.57. The third-order valence-corrected chi connectivity index (χ3v) is 17.4. The van der Waals surface area contributed by atoms with Gasteiger partial charge in [-0.25, -0.2) is 0 Å². The molecule has 0 saturated heterocycles. The Morgan fingerprint density at radius 2 is 0.967 bits per heavy atom. The fourth-order valence-electron chi connectivity index (χ4n) is 13.2. The fraction of sp³-hybridized carbons (Fsp3) is 0.424. The van der Waals surface area contributed by atoms with Gasteiger partial charge in [0.25, 0.3) is 0 Å². The maximum atomic E-state index is 7.66. The van der Waals surface area contributed by atoms with E-state index in [4.69, 9.17) is 9.47 Å². The summed E-state index contributed by atoms with van der Waals surface area (Å²) in [5, 5.41) is 0. The predicted molar refractivity (Wildman–Crippen MR) is 254 cm³/mol. The Labute approximate surface area is 366 Å². The Balaban J connectivity index is 1.05. The summed E-state index contributed by atoms with van der Waals surface area (Å²) in [6.45, 7) is 19.4. The molecule has 0 fully saturated rings. The lowest BCUT2D eigenvalue weighted by molar-refractivity contribution is -0.179. The van der Waals surface area contributed by atoms with Crippen molar-refractivity contribution in [3.8, 4) is 28.0 Å². The lowest BCUT2D eigenvalue weighted by Crippen LogP contribution is -2.55. The van der Waals surface area contributed by atoms with Gasteiger partial charge in [-0.2, -0.15) is 0 Å². The van der Waals surface area contributed by atoms with Crippen molar-refractivity contribution in [3.05, 3.63) is 166 Å². The third kappa shape index (κ3) is 5.43. The van der Waals surface area contributed by atoms with E-state index < -0.39 is 11.2 Å². The highest BCUT2D eigenvalue weighted by molar-refractivity contribution is 5.87. The number of hydrogen-bond donors (Lipinski definition) is 0. The van der Waals surface area contributed by atoms with Crippen LogP contribution in [0.1, 0.15) is 165 Å². The van der Waals surface area contributed by atoms with Crippen molar-refractivity contribution in [3.63, 3.8) is 0 Å². The van der Waals surface area contributed by atoms with E-state index in [1.165, 1.54) is 86.0 Å². The van der Waals surface area contributed by atoms with Gasteiger partial charge in [-0.15, -0.1) is 0 Å². The summed E-state index contributed by atoms with van der Waals surface area (Å²) in [4.78, 5) is 0. The maximum Gasteiger partial charge on any atom is 0.179 e. The van der Waals surface area contributed by atoms with Crippen molar-refractivity contribution in [1.82, 2.24) is 0 Å². The van der Waals surface area contributed by atoms with E-state index in [0.29, 0.717) is 0 Å². The van der Waals surface area contributed by atoms with Crippen molar-refractivity contribution < 1.29 is 9.47 Å². The zero-order valence-electron chi connectivity index (χ0n) is 38.1. The molecule has 2 heterocycles. The minimum absolute atomic E-state index is 0.0720. The van der Waals surface area contributed by atoms with Crippen LogP contribution >= 0.6 is 0 Å². The summed E-state index contributed by atoms with van der Waals surface area (Å²) < 4.78 is 15.2. The van der Waals surface area contributed by atoms with Crippen LogP contribution in [0.25, 0.3) is 27.8 Å². The summed E-state index contributed by atoms with van der Waals surface area (Å²) in [5.74, 6) is 1.06.